The van der Waals surface area contributed by atoms with Crippen LogP contribution in [0.1, 0.15) is 237 Å². The molecule has 8 aromatic carbocycles. The molecule has 6 atom stereocenters. The van der Waals surface area contributed by atoms with Crippen molar-refractivity contribution in [2.45, 2.75) is 244 Å². The summed E-state index contributed by atoms with van der Waals surface area (Å²) in [7, 11) is 2.66. The van der Waals surface area contributed by atoms with Crippen molar-refractivity contribution in [3.63, 3.8) is 0 Å². The number of hydrogen-bond donors (Lipinski definition) is 7. The van der Waals surface area contributed by atoms with Gasteiger partial charge in [-0.1, -0.05) is 258 Å². The van der Waals surface area contributed by atoms with E-state index in [1.54, 1.807) is 146 Å². The highest BCUT2D eigenvalue weighted by Gasteiger charge is 2.25. The SMILES string of the molecule is COc1cc(COC(=O)Nc2ccc(COC(=O)Nc3ccc(COC(=O)Nc4ccc(COC(=O)Nc5ccc(COC(=O)Nc6ccc(COC(=O)Nc7ccc(COC(=O)Nc8cc(OCCC(C)CCC[C@H](C)CCC[C@H](C)CCCC(C)C)cc(OCCC(C)CCC[C@H](C)CCC[C@H](C)CCCC(C)C)c8)cc7)cc6)cc5)cc4)cc3)cc2)c([N+](=O)[O-])c(OC)c1. The number of nitro benzene ring substituents is 1. The van der Waals surface area contributed by atoms with Gasteiger partial charge in [0.2, 0.25) is 5.75 Å². The average molecular weight is 1820 g/mol. The van der Waals surface area contributed by atoms with E-state index in [-0.39, 0.29) is 62.4 Å². The number of ether oxygens (including phenoxy) is 11. The van der Waals surface area contributed by atoms with E-state index in [4.69, 9.17) is 52.1 Å². The Hall–Kier alpha value is -12.8. The number of nitrogens with zero attached hydrogens (tertiary/aromatic N) is 1. The number of nitrogens with one attached hydrogen (secondary N) is 7. The van der Waals surface area contributed by atoms with Crippen LogP contribution in [0.15, 0.2) is 176 Å². The third kappa shape index (κ3) is 42.0. The largest absolute Gasteiger partial charge is 0.497 e. The van der Waals surface area contributed by atoms with Gasteiger partial charge in [0.25, 0.3) is 0 Å². The van der Waals surface area contributed by atoms with E-state index >= 15 is 0 Å². The lowest BCUT2D eigenvalue weighted by atomic mass is 9.91. The minimum absolute atomic E-state index is 0.0228. The van der Waals surface area contributed by atoms with Crippen LogP contribution in [0.5, 0.6) is 23.0 Å². The number of rotatable bonds is 56. The molecule has 0 aliphatic carbocycles. The molecule has 0 aliphatic heterocycles. The van der Waals surface area contributed by atoms with Gasteiger partial charge in [-0.05, 0) is 172 Å². The Balaban J connectivity index is 0.666. The Morgan fingerprint density at radius 1 is 0.273 bits per heavy atom. The van der Waals surface area contributed by atoms with E-state index in [0.29, 0.717) is 110 Å². The van der Waals surface area contributed by atoms with Gasteiger partial charge in [0.15, 0.2) is 0 Å². The molecule has 0 radical (unpaired) electrons. The summed E-state index contributed by atoms with van der Waals surface area (Å²) in [6.07, 6.45) is 20.0. The molecule has 0 saturated heterocycles. The van der Waals surface area contributed by atoms with E-state index in [0.717, 1.165) is 48.3 Å². The fourth-order valence-electron chi connectivity index (χ4n) is 14.9. The number of carbonyl (C=O) groups excluding carboxylic acids is 7. The number of nitro groups is 1. The minimum atomic E-state index is -0.870. The molecule has 0 fully saturated rings. The third-order valence-electron chi connectivity index (χ3n) is 23.0. The van der Waals surface area contributed by atoms with Crippen molar-refractivity contribution in [3.8, 4) is 23.0 Å². The fourth-order valence-corrected chi connectivity index (χ4v) is 14.9. The number of benzene rings is 8. The van der Waals surface area contributed by atoms with Gasteiger partial charge in [-0.2, -0.15) is 0 Å². The van der Waals surface area contributed by atoms with Crippen molar-refractivity contribution in [2.24, 2.45) is 47.3 Å². The molecule has 7 amide bonds. The molecular weight excluding hydrogens is 1680 g/mol. The molecule has 8 aromatic rings. The molecule has 28 heteroatoms. The van der Waals surface area contributed by atoms with Gasteiger partial charge in [0, 0.05) is 58.4 Å². The first-order valence-electron chi connectivity index (χ1n) is 46.5. The highest BCUT2D eigenvalue weighted by atomic mass is 16.6. The van der Waals surface area contributed by atoms with Crippen LogP contribution in [0.2, 0.25) is 0 Å². The summed E-state index contributed by atoms with van der Waals surface area (Å²) in [5.74, 6) is 7.20. The topological polar surface area (TPSA) is 348 Å². The van der Waals surface area contributed by atoms with Crippen LogP contribution in [0, 0.1) is 57.5 Å². The van der Waals surface area contributed by atoms with E-state index in [1.807, 2.05) is 18.2 Å². The minimum Gasteiger partial charge on any atom is -0.497 e. The Morgan fingerprint density at radius 2 is 0.500 bits per heavy atom. The van der Waals surface area contributed by atoms with Crippen molar-refractivity contribution in [3.05, 3.63) is 225 Å². The van der Waals surface area contributed by atoms with Gasteiger partial charge in [-0.25, -0.2) is 33.6 Å². The highest BCUT2D eigenvalue weighted by Crippen LogP contribution is 2.37. The van der Waals surface area contributed by atoms with Crippen molar-refractivity contribution in [1.82, 2.24) is 0 Å². The molecule has 714 valence electrons. The molecule has 132 heavy (non-hydrogen) atoms. The summed E-state index contributed by atoms with van der Waals surface area (Å²) in [6, 6.07) is 48.0. The Labute approximate surface area is 778 Å². The maximum absolute atomic E-state index is 13.4. The summed E-state index contributed by atoms with van der Waals surface area (Å²) in [6.45, 7) is 23.8. The molecule has 0 saturated carbocycles. The molecule has 0 heterocycles. The molecule has 8 rings (SSSR count). The lowest BCUT2D eigenvalue weighted by molar-refractivity contribution is -0.386. The van der Waals surface area contributed by atoms with Crippen LogP contribution < -0.4 is 56.2 Å². The number of amides is 7. The standard InChI is InChI=1S/C104H138N8O20/c1-71(2)19-13-21-73(5)23-15-25-75(7)27-17-29-77(9)55-57-124-94-60-92(61-95(62-94)125-58-56-78(10)30-18-28-76(8)26-16-24-74(6)22-14-20-72(3)4)111-104(119)131-69-84-39-51-90(52-40-84)109-102(117)129-67-82-35-47-88(48-36-82)107-100(115)127-65-80-31-43-86(44-32-80)105-98(113)126-64-79-33-45-87(46-34-79)106-99(114)128-66-81-37-49-89(50-38-81)108-101(116)130-68-83-41-53-91(54-42-83)110-103(118)132-70-85-59-93(122-11)63-96(123-12)97(85)112(120)121/h31-54,59-63,71-78H,13-30,55-58,64-70H2,1-12H3,(H,105,113)(H,106,114)(H,107,115)(H,108,116)(H,109,117)(H,110,118)(H,111,119)/t73-,74-,75-,76-,77?,78?/m1/s1. The molecular formula is C104H138N8O20. The fraction of sp³-hybridized carbons (Fsp3) is 0.471. The Bertz CT molecular complexity index is 4760. The summed E-state index contributed by atoms with van der Waals surface area (Å²) in [5.41, 5.74) is 6.66. The average Bonchev–Trinajstić information content (AvgIpc) is 0.811. The van der Waals surface area contributed by atoms with Crippen LogP contribution in [0.25, 0.3) is 0 Å². The predicted molar refractivity (Wildman–Crippen MR) is 516 cm³/mol. The lowest BCUT2D eigenvalue weighted by Crippen LogP contribution is -2.15. The van der Waals surface area contributed by atoms with Crippen molar-refractivity contribution >= 4 is 88.2 Å². The zero-order valence-corrected chi connectivity index (χ0v) is 79.0. The first-order valence-corrected chi connectivity index (χ1v) is 46.5. The number of methoxy groups -OCH3 is 2. The third-order valence-corrected chi connectivity index (χ3v) is 23.0. The Morgan fingerprint density at radius 3 is 0.727 bits per heavy atom. The van der Waals surface area contributed by atoms with Crippen molar-refractivity contribution < 1.29 is 90.6 Å². The Kier molecular flexibility index (Phi) is 45.5. The van der Waals surface area contributed by atoms with Crippen LogP contribution in [-0.2, 0) is 79.4 Å². The molecule has 0 aromatic heterocycles. The predicted octanol–water partition coefficient (Wildman–Crippen LogP) is 27.5. The summed E-state index contributed by atoms with van der Waals surface area (Å²) in [5, 5.41) is 30.5. The van der Waals surface area contributed by atoms with Gasteiger partial charge in [0.05, 0.1) is 43.6 Å². The number of hydrogen-bond acceptors (Lipinski definition) is 20. The second-order valence-electron chi connectivity index (χ2n) is 35.7. The zero-order valence-electron chi connectivity index (χ0n) is 79.0. The molecule has 0 spiro atoms. The molecule has 28 nitrogen and oxygen atoms in total. The maximum atomic E-state index is 13.4. The first kappa shape index (κ1) is 105. The quantitative estimate of drug-likeness (QED) is 0.0106. The van der Waals surface area contributed by atoms with E-state index in [1.165, 1.54) is 142 Å². The normalized spacial score (nSPS) is 12.4. The van der Waals surface area contributed by atoms with Gasteiger partial charge in [0.1, 0.15) is 63.5 Å². The van der Waals surface area contributed by atoms with Gasteiger partial charge < -0.3 is 52.1 Å². The van der Waals surface area contributed by atoms with Crippen molar-refractivity contribution in [1.29, 1.82) is 0 Å². The second-order valence-corrected chi connectivity index (χ2v) is 35.7. The van der Waals surface area contributed by atoms with E-state index in [9.17, 15) is 43.7 Å². The number of anilines is 7. The number of carbonyl (C=O) groups is 7. The summed E-state index contributed by atoms with van der Waals surface area (Å²) in [4.78, 5) is 101. The van der Waals surface area contributed by atoms with Crippen LogP contribution >= 0.6 is 0 Å². The van der Waals surface area contributed by atoms with Crippen LogP contribution in [0.3, 0.4) is 0 Å². The van der Waals surface area contributed by atoms with E-state index in [2.05, 4.69) is 106 Å². The lowest BCUT2D eigenvalue weighted by Gasteiger charge is -2.17. The molecule has 2 unspecified atom stereocenters. The summed E-state index contributed by atoms with van der Waals surface area (Å²) < 4.78 is 61.0. The second kappa shape index (κ2) is 57.4. The molecule has 0 aliphatic rings. The molecule has 7 N–H and O–H groups in total. The van der Waals surface area contributed by atoms with Gasteiger partial charge >= 0.3 is 48.3 Å². The van der Waals surface area contributed by atoms with E-state index < -0.39 is 54.2 Å². The monoisotopic (exact) mass is 1820 g/mol. The maximum Gasteiger partial charge on any atom is 0.411 e. The highest BCUT2D eigenvalue weighted by molar-refractivity contribution is 5.89. The molecule has 0 bridgehead atoms. The zero-order chi connectivity index (χ0) is 94.9. The first-order chi connectivity index (χ1) is 63.5. The van der Waals surface area contributed by atoms with Gasteiger partial charge in [-0.3, -0.25) is 47.3 Å². The van der Waals surface area contributed by atoms with Crippen LogP contribution in [0.4, 0.5) is 79.1 Å². The van der Waals surface area contributed by atoms with Crippen LogP contribution in [-0.4, -0.2) is 75.0 Å². The van der Waals surface area contributed by atoms with Gasteiger partial charge in [-0.15, -0.1) is 0 Å². The smallest absolute Gasteiger partial charge is 0.411 e. The summed E-state index contributed by atoms with van der Waals surface area (Å²) >= 11 is 0. The van der Waals surface area contributed by atoms with Crippen molar-refractivity contribution in [2.75, 3.05) is 64.7 Å².